The summed E-state index contributed by atoms with van der Waals surface area (Å²) in [4.78, 5) is 16.7. The summed E-state index contributed by atoms with van der Waals surface area (Å²) in [5.74, 6) is -0.129. The van der Waals surface area contributed by atoms with Crippen molar-refractivity contribution in [1.29, 1.82) is 0 Å². The lowest BCUT2D eigenvalue weighted by atomic mass is 10.1. The minimum Gasteiger partial charge on any atom is -0.380 e. The Bertz CT molecular complexity index is 625. The second-order valence-corrected chi connectivity index (χ2v) is 5.13. The zero-order valence-corrected chi connectivity index (χ0v) is 12.9. The van der Waals surface area contributed by atoms with E-state index >= 15 is 0 Å². The molecule has 0 saturated carbocycles. The molecule has 0 radical (unpaired) electrons. The molecule has 0 unspecified atom stereocenters. The number of amides is 1. The second kappa shape index (κ2) is 6.50. The molecule has 1 aromatic heterocycles. The number of carbonyl (C=O) groups is 1. The first kappa shape index (κ1) is 15.2. The van der Waals surface area contributed by atoms with E-state index in [2.05, 4.69) is 10.3 Å². The Morgan fingerprint density at radius 3 is 2.43 bits per heavy atom. The number of pyridine rings is 1. The summed E-state index contributed by atoms with van der Waals surface area (Å²) in [6.07, 6.45) is 0. The van der Waals surface area contributed by atoms with Gasteiger partial charge in [0.1, 0.15) is 0 Å². The highest BCUT2D eigenvalue weighted by Crippen LogP contribution is 2.20. The molecule has 1 amide bonds. The predicted octanol–water partition coefficient (Wildman–Crippen LogP) is 3.41. The third-order valence-corrected chi connectivity index (χ3v) is 3.29. The van der Waals surface area contributed by atoms with Crippen molar-refractivity contribution in [1.82, 2.24) is 4.98 Å². The SMILES string of the molecule is COCc1ccc(C(=O)Nc2c(C)cc(C)nc2C)cc1. The Hall–Kier alpha value is -2.20. The number of hydrogen-bond donors (Lipinski definition) is 1. The van der Waals surface area contributed by atoms with Crippen LogP contribution in [0.5, 0.6) is 0 Å². The maximum atomic E-state index is 12.3. The zero-order valence-electron chi connectivity index (χ0n) is 12.9. The van der Waals surface area contributed by atoms with E-state index in [1.165, 1.54) is 0 Å². The first-order valence-corrected chi connectivity index (χ1v) is 6.85. The Labute approximate surface area is 125 Å². The van der Waals surface area contributed by atoms with Crippen molar-refractivity contribution in [2.24, 2.45) is 0 Å². The van der Waals surface area contributed by atoms with Gasteiger partial charge in [0.15, 0.2) is 0 Å². The van der Waals surface area contributed by atoms with Crippen molar-refractivity contribution in [2.45, 2.75) is 27.4 Å². The maximum Gasteiger partial charge on any atom is 0.255 e. The van der Waals surface area contributed by atoms with E-state index in [0.717, 1.165) is 28.2 Å². The lowest BCUT2D eigenvalue weighted by molar-refractivity contribution is 0.102. The van der Waals surface area contributed by atoms with Gasteiger partial charge < -0.3 is 10.1 Å². The van der Waals surface area contributed by atoms with Gasteiger partial charge in [-0.05, 0) is 50.1 Å². The molecule has 2 aromatic rings. The lowest BCUT2D eigenvalue weighted by Crippen LogP contribution is -2.14. The number of aryl methyl sites for hydroxylation is 3. The number of benzene rings is 1. The van der Waals surface area contributed by atoms with Crippen molar-refractivity contribution >= 4 is 11.6 Å². The van der Waals surface area contributed by atoms with Gasteiger partial charge in [0.25, 0.3) is 5.91 Å². The molecule has 0 bridgehead atoms. The molecule has 0 spiro atoms. The molecule has 21 heavy (non-hydrogen) atoms. The van der Waals surface area contributed by atoms with Crippen LogP contribution >= 0.6 is 0 Å². The highest BCUT2D eigenvalue weighted by atomic mass is 16.5. The normalized spacial score (nSPS) is 10.5. The largest absolute Gasteiger partial charge is 0.380 e. The number of ether oxygens (including phenoxy) is 1. The van der Waals surface area contributed by atoms with E-state index in [0.29, 0.717) is 12.2 Å². The Morgan fingerprint density at radius 1 is 1.19 bits per heavy atom. The van der Waals surface area contributed by atoms with Crippen LogP contribution in [-0.2, 0) is 11.3 Å². The van der Waals surface area contributed by atoms with E-state index in [-0.39, 0.29) is 5.91 Å². The fraction of sp³-hybridized carbons (Fsp3) is 0.294. The van der Waals surface area contributed by atoms with Crippen LogP contribution in [0.15, 0.2) is 30.3 Å². The molecule has 0 fully saturated rings. The number of methoxy groups -OCH3 is 1. The van der Waals surface area contributed by atoms with Gasteiger partial charge in [-0.15, -0.1) is 0 Å². The minimum atomic E-state index is -0.129. The van der Waals surface area contributed by atoms with Gasteiger partial charge in [0, 0.05) is 18.4 Å². The molecule has 4 heteroatoms. The monoisotopic (exact) mass is 284 g/mol. The van der Waals surface area contributed by atoms with Crippen LogP contribution in [0.1, 0.15) is 32.9 Å². The highest BCUT2D eigenvalue weighted by molar-refractivity contribution is 6.04. The molecule has 2 rings (SSSR count). The molecule has 0 saturated heterocycles. The molecular formula is C17H20N2O2. The van der Waals surface area contributed by atoms with Gasteiger partial charge in [-0.25, -0.2) is 0 Å². The highest BCUT2D eigenvalue weighted by Gasteiger charge is 2.11. The molecule has 1 heterocycles. The number of anilines is 1. The van der Waals surface area contributed by atoms with Crippen molar-refractivity contribution in [3.63, 3.8) is 0 Å². The first-order valence-electron chi connectivity index (χ1n) is 6.85. The van der Waals surface area contributed by atoms with Gasteiger partial charge in [0.05, 0.1) is 18.0 Å². The fourth-order valence-corrected chi connectivity index (χ4v) is 2.32. The van der Waals surface area contributed by atoms with E-state index in [9.17, 15) is 4.79 Å². The quantitative estimate of drug-likeness (QED) is 0.936. The lowest BCUT2D eigenvalue weighted by Gasteiger charge is -2.12. The molecule has 110 valence electrons. The Kier molecular flexibility index (Phi) is 4.70. The molecule has 0 aliphatic heterocycles. The van der Waals surface area contributed by atoms with Crippen molar-refractivity contribution in [3.8, 4) is 0 Å². The van der Waals surface area contributed by atoms with Crippen molar-refractivity contribution in [2.75, 3.05) is 12.4 Å². The molecule has 1 N–H and O–H groups in total. The van der Waals surface area contributed by atoms with E-state index in [4.69, 9.17) is 4.74 Å². The van der Waals surface area contributed by atoms with Crippen LogP contribution in [0.4, 0.5) is 5.69 Å². The van der Waals surface area contributed by atoms with Gasteiger partial charge in [-0.3, -0.25) is 9.78 Å². The summed E-state index contributed by atoms with van der Waals surface area (Å²) in [6.45, 7) is 6.36. The standard InChI is InChI=1S/C17H20N2O2/c1-11-9-12(2)18-13(3)16(11)19-17(20)15-7-5-14(6-8-15)10-21-4/h5-9H,10H2,1-4H3,(H,19,20). The van der Waals surface area contributed by atoms with Crippen molar-refractivity contribution in [3.05, 3.63) is 58.4 Å². The smallest absolute Gasteiger partial charge is 0.255 e. The van der Waals surface area contributed by atoms with Gasteiger partial charge in [0.2, 0.25) is 0 Å². The Balaban J connectivity index is 2.18. The topological polar surface area (TPSA) is 51.2 Å². The second-order valence-electron chi connectivity index (χ2n) is 5.13. The zero-order chi connectivity index (χ0) is 15.4. The summed E-state index contributed by atoms with van der Waals surface area (Å²) in [5, 5.41) is 2.94. The third kappa shape index (κ3) is 3.67. The van der Waals surface area contributed by atoms with E-state index in [1.807, 2.05) is 39.0 Å². The summed E-state index contributed by atoms with van der Waals surface area (Å²) < 4.78 is 5.06. The molecule has 1 aromatic carbocycles. The predicted molar refractivity (Wildman–Crippen MR) is 83.6 cm³/mol. The summed E-state index contributed by atoms with van der Waals surface area (Å²) >= 11 is 0. The van der Waals surface area contributed by atoms with Crippen LogP contribution in [0.2, 0.25) is 0 Å². The van der Waals surface area contributed by atoms with Crippen LogP contribution in [-0.4, -0.2) is 18.0 Å². The number of carbonyl (C=O) groups excluding carboxylic acids is 1. The molecular weight excluding hydrogens is 264 g/mol. The Morgan fingerprint density at radius 2 is 1.86 bits per heavy atom. The third-order valence-electron chi connectivity index (χ3n) is 3.29. The number of aromatic nitrogens is 1. The summed E-state index contributed by atoms with van der Waals surface area (Å²) in [7, 11) is 1.65. The van der Waals surface area contributed by atoms with Crippen molar-refractivity contribution < 1.29 is 9.53 Å². The fourth-order valence-electron chi connectivity index (χ4n) is 2.32. The molecule has 0 aliphatic rings. The van der Waals surface area contributed by atoms with Crippen LogP contribution < -0.4 is 5.32 Å². The average Bonchev–Trinajstić information content (AvgIpc) is 2.43. The van der Waals surface area contributed by atoms with E-state index < -0.39 is 0 Å². The van der Waals surface area contributed by atoms with Gasteiger partial charge in [-0.1, -0.05) is 12.1 Å². The molecule has 4 nitrogen and oxygen atoms in total. The molecule has 0 atom stereocenters. The van der Waals surface area contributed by atoms with Crippen LogP contribution in [0.25, 0.3) is 0 Å². The number of hydrogen-bond acceptors (Lipinski definition) is 3. The van der Waals surface area contributed by atoms with Gasteiger partial charge >= 0.3 is 0 Å². The molecule has 0 aliphatic carbocycles. The van der Waals surface area contributed by atoms with Crippen LogP contribution in [0, 0.1) is 20.8 Å². The summed E-state index contributed by atoms with van der Waals surface area (Å²) in [5.41, 5.74) is 5.24. The number of nitrogens with zero attached hydrogens (tertiary/aromatic N) is 1. The van der Waals surface area contributed by atoms with Gasteiger partial charge in [-0.2, -0.15) is 0 Å². The minimum absolute atomic E-state index is 0.129. The average molecular weight is 284 g/mol. The van der Waals surface area contributed by atoms with Crippen LogP contribution in [0.3, 0.4) is 0 Å². The maximum absolute atomic E-state index is 12.3. The summed E-state index contributed by atoms with van der Waals surface area (Å²) in [6, 6.07) is 9.35. The number of nitrogens with one attached hydrogen (secondary N) is 1. The first-order chi connectivity index (χ1) is 10.0. The number of rotatable bonds is 4. The van der Waals surface area contributed by atoms with E-state index in [1.54, 1.807) is 19.2 Å².